The molecule has 1 heterocycles. The number of imidazole rings is 1. The number of halogens is 2. The first kappa shape index (κ1) is 28.7. The Balaban J connectivity index is 1.52. The molecule has 2 N–H and O–H groups in total. The fourth-order valence-electron chi connectivity index (χ4n) is 5.42. The van der Waals surface area contributed by atoms with Gasteiger partial charge >= 0.3 is 11.7 Å². The number of carboxylic acids is 1. The van der Waals surface area contributed by atoms with E-state index in [1.165, 1.54) is 27.5 Å². The molecule has 1 aliphatic carbocycles. The molecule has 39 heavy (non-hydrogen) atoms. The van der Waals surface area contributed by atoms with Gasteiger partial charge in [-0.25, -0.2) is 9.18 Å². The number of rotatable bonds is 12. The predicted octanol–water partition coefficient (Wildman–Crippen LogP) is 5.28. The van der Waals surface area contributed by atoms with Crippen LogP contribution in [-0.4, -0.2) is 43.4 Å². The fourth-order valence-corrected chi connectivity index (χ4v) is 5.54. The monoisotopic (exact) mass is 559 g/mol. The first-order valence-corrected chi connectivity index (χ1v) is 13.6. The van der Waals surface area contributed by atoms with Crippen molar-refractivity contribution in [1.82, 2.24) is 14.0 Å². The van der Waals surface area contributed by atoms with Gasteiger partial charge in [-0.15, -0.1) is 0 Å². The van der Waals surface area contributed by atoms with Crippen LogP contribution in [0, 0.1) is 18.7 Å². The molecule has 0 amide bonds. The Kier molecular flexibility index (Phi) is 9.35. The third-order valence-electron chi connectivity index (χ3n) is 7.42. The lowest BCUT2D eigenvalue weighted by Gasteiger charge is -2.33. The summed E-state index contributed by atoms with van der Waals surface area (Å²) in [5, 5.41) is 19.6. The second-order valence-electron chi connectivity index (χ2n) is 10.3. The van der Waals surface area contributed by atoms with Gasteiger partial charge in [0.25, 0.3) is 0 Å². The Labute approximate surface area is 232 Å². The van der Waals surface area contributed by atoms with E-state index >= 15 is 0 Å². The van der Waals surface area contributed by atoms with Gasteiger partial charge in [0.1, 0.15) is 18.2 Å². The molecule has 0 bridgehead atoms. The largest absolute Gasteiger partial charge is 0.493 e. The van der Waals surface area contributed by atoms with E-state index in [0.717, 1.165) is 43.4 Å². The van der Waals surface area contributed by atoms with E-state index in [1.54, 1.807) is 13.1 Å². The molecule has 3 aromatic rings. The molecule has 10 heteroatoms. The van der Waals surface area contributed by atoms with E-state index in [0.29, 0.717) is 23.8 Å². The highest BCUT2D eigenvalue weighted by Crippen LogP contribution is 2.34. The number of ether oxygens (including phenoxy) is 1. The van der Waals surface area contributed by atoms with Gasteiger partial charge in [-0.3, -0.25) is 18.8 Å². The van der Waals surface area contributed by atoms with Gasteiger partial charge in [0.15, 0.2) is 0 Å². The maximum absolute atomic E-state index is 14.4. The molecule has 0 aliphatic heterocycles. The first-order chi connectivity index (χ1) is 18.6. The lowest BCUT2D eigenvalue weighted by atomic mass is 9.98. The molecule has 0 radical (unpaired) electrons. The van der Waals surface area contributed by atoms with Gasteiger partial charge < -0.3 is 14.9 Å². The van der Waals surface area contributed by atoms with Crippen LogP contribution < -0.4 is 10.4 Å². The molecule has 8 nitrogen and oxygen atoms in total. The minimum Gasteiger partial charge on any atom is -0.493 e. The maximum atomic E-state index is 14.4. The molecule has 210 valence electrons. The average molecular weight is 560 g/mol. The third kappa shape index (κ3) is 7.22. The fraction of sp³-hybridized carbons (Fsp3) is 0.448. The van der Waals surface area contributed by atoms with Crippen LogP contribution in [0.3, 0.4) is 0 Å². The zero-order valence-corrected chi connectivity index (χ0v) is 23.0. The molecule has 2 aromatic carbocycles. The topological polar surface area (TPSA) is 96.9 Å². The summed E-state index contributed by atoms with van der Waals surface area (Å²) in [4.78, 5) is 26.1. The minimum atomic E-state index is -0.949. The number of hydrogen-bond donors (Lipinski definition) is 2. The highest BCUT2D eigenvalue weighted by Gasteiger charge is 2.28. The number of aromatic hydroxyl groups is 1. The number of carboxylic acid groups (broad SMARTS) is 1. The van der Waals surface area contributed by atoms with Crippen molar-refractivity contribution in [2.45, 2.75) is 58.2 Å². The highest BCUT2D eigenvalue weighted by atomic mass is 35.5. The van der Waals surface area contributed by atoms with Crippen molar-refractivity contribution < 1.29 is 24.1 Å². The van der Waals surface area contributed by atoms with Crippen molar-refractivity contribution in [3.05, 3.63) is 80.6 Å². The zero-order valence-electron chi connectivity index (χ0n) is 22.3. The molecule has 4 rings (SSSR count). The molecule has 1 saturated carbocycles. The van der Waals surface area contributed by atoms with Crippen LogP contribution in [0.4, 0.5) is 4.39 Å². The van der Waals surface area contributed by atoms with Crippen LogP contribution in [0.1, 0.15) is 54.8 Å². The molecule has 0 spiro atoms. The third-order valence-corrected chi connectivity index (χ3v) is 7.73. The highest BCUT2D eigenvalue weighted by molar-refractivity contribution is 6.30. The smallest absolute Gasteiger partial charge is 0.330 e. The van der Waals surface area contributed by atoms with Gasteiger partial charge in [0.05, 0.1) is 24.2 Å². The van der Waals surface area contributed by atoms with Crippen LogP contribution in [0.15, 0.2) is 47.4 Å². The van der Waals surface area contributed by atoms with Crippen molar-refractivity contribution in [1.29, 1.82) is 0 Å². The predicted molar refractivity (Wildman–Crippen MR) is 147 cm³/mol. The minimum absolute atomic E-state index is 0.00809. The number of benzene rings is 2. The lowest BCUT2D eigenvalue weighted by molar-refractivity contribution is -0.138. The van der Waals surface area contributed by atoms with E-state index in [4.69, 9.17) is 16.3 Å². The summed E-state index contributed by atoms with van der Waals surface area (Å²) >= 11 is 5.91. The molecule has 0 saturated heterocycles. The van der Waals surface area contributed by atoms with E-state index < -0.39 is 17.8 Å². The van der Waals surface area contributed by atoms with Crippen molar-refractivity contribution in [2.75, 3.05) is 13.2 Å². The SMILES string of the molecule is Cc1cc(CN(CC2CCCC2)C(CC(=O)O)c2ccc(Cl)c(F)c2)ccc1OCCn1c(O)cn(C)c1=O. The molecule has 1 atom stereocenters. The standard InChI is InChI=1S/C29H35ClFN3O5/c1-19-13-21(7-10-26(19)39-12-11-34-27(35)18-32(2)29(34)38)17-33(16-20-5-3-4-6-20)25(15-28(36)37)22-8-9-23(30)24(31)14-22/h7-10,13-14,18,20,25,35H,3-6,11-12,15-17H2,1-2H3,(H,36,37). The number of hydrogen-bond acceptors (Lipinski definition) is 5. The summed E-state index contributed by atoms with van der Waals surface area (Å²) in [5.41, 5.74) is 2.15. The Morgan fingerprint density at radius 2 is 1.97 bits per heavy atom. The summed E-state index contributed by atoms with van der Waals surface area (Å²) in [5.74, 6) is -0.507. The Morgan fingerprint density at radius 1 is 1.23 bits per heavy atom. The summed E-state index contributed by atoms with van der Waals surface area (Å²) in [6, 6.07) is 9.82. The van der Waals surface area contributed by atoms with Gasteiger partial charge in [-0.1, -0.05) is 42.6 Å². The molecule has 1 unspecified atom stereocenters. The number of carbonyl (C=O) groups is 1. The Bertz CT molecular complexity index is 1370. The molecule has 1 fully saturated rings. The van der Waals surface area contributed by atoms with E-state index in [-0.39, 0.29) is 36.2 Å². The zero-order chi connectivity index (χ0) is 28.1. The van der Waals surface area contributed by atoms with Gasteiger partial charge in [0.2, 0.25) is 5.88 Å². The van der Waals surface area contributed by atoms with Crippen molar-refractivity contribution >= 4 is 17.6 Å². The maximum Gasteiger partial charge on any atom is 0.330 e. The van der Waals surface area contributed by atoms with Crippen LogP contribution in [0.2, 0.25) is 5.02 Å². The average Bonchev–Trinajstić information content (AvgIpc) is 3.48. The van der Waals surface area contributed by atoms with Crippen molar-refractivity contribution in [2.24, 2.45) is 13.0 Å². The normalized spacial score (nSPS) is 14.7. The van der Waals surface area contributed by atoms with Crippen LogP contribution in [-0.2, 0) is 24.9 Å². The number of nitrogens with zero attached hydrogens (tertiary/aromatic N) is 3. The lowest BCUT2D eigenvalue weighted by Crippen LogP contribution is -2.34. The Morgan fingerprint density at radius 3 is 2.59 bits per heavy atom. The molecular formula is C29H35ClFN3O5. The van der Waals surface area contributed by atoms with Gasteiger partial charge in [-0.05, 0) is 60.6 Å². The van der Waals surface area contributed by atoms with E-state index in [1.807, 2.05) is 25.1 Å². The van der Waals surface area contributed by atoms with Gasteiger partial charge in [-0.2, -0.15) is 0 Å². The number of aryl methyl sites for hydroxylation is 2. The van der Waals surface area contributed by atoms with Crippen molar-refractivity contribution in [3.63, 3.8) is 0 Å². The van der Waals surface area contributed by atoms with E-state index in [2.05, 4.69) is 4.90 Å². The molecule has 1 aliphatic rings. The number of aliphatic carboxylic acids is 1. The summed E-state index contributed by atoms with van der Waals surface area (Å²) < 4.78 is 22.8. The molecular weight excluding hydrogens is 525 g/mol. The quantitative estimate of drug-likeness (QED) is 0.313. The second kappa shape index (κ2) is 12.7. The van der Waals surface area contributed by atoms with Crippen LogP contribution in [0.5, 0.6) is 11.6 Å². The van der Waals surface area contributed by atoms with Crippen molar-refractivity contribution in [3.8, 4) is 11.6 Å². The summed E-state index contributed by atoms with van der Waals surface area (Å²) in [6.07, 6.45) is 5.72. The summed E-state index contributed by atoms with van der Waals surface area (Å²) in [6.45, 7) is 3.54. The van der Waals surface area contributed by atoms with Gasteiger partial charge in [0, 0.05) is 26.2 Å². The van der Waals surface area contributed by atoms with Crippen LogP contribution >= 0.6 is 11.6 Å². The Hall–Kier alpha value is -3.30. The number of aromatic nitrogens is 2. The summed E-state index contributed by atoms with van der Waals surface area (Å²) in [7, 11) is 1.57. The molecule has 1 aromatic heterocycles. The van der Waals surface area contributed by atoms with Crippen LogP contribution in [0.25, 0.3) is 0 Å². The first-order valence-electron chi connectivity index (χ1n) is 13.2. The second-order valence-corrected chi connectivity index (χ2v) is 10.8. The van der Waals surface area contributed by atoms with E-state index in [9.17, 15) is 24.2 Å².